The number of likely N-dealkylation sites (N-methyl/N-ethyl adjacent to an activating group) is 1. The second kappa shape index (κ2) is 5.12. The molecule has 0 amide bonds. The Labute approximate surface area is 101 Å². The molecule has 1 aromatic rings. The van der Waals surface area contributed by atoms with Gasteiger partial charge in [-0.05, 0) is 37.2 Å². The summed E-state index contributed by atoms with van der Waals surface area (Å²) in [5.41, 5.74) is 1.50. The number of ether oxygens (including phenoxy) is 1. The summed E-state index contributed by atoms with van der Waals surface area (Å²) in [6, 6.07) is 4.47. The number of halogens is 1. The average molecular weight is 239 g/mol. The first kappa shape index (κ1) is 12.5. The maximum absolute atomic E-state index is 13.2. The number of aryl methyl sites for hydroxylation is 1. The maximum Gasteiger partial charge on any atom is 0.123 e. The fraction of sp³-hybridized carbons (Fsp3) is 0.538. The third-order valence-corrected chi connectivity index (χ3v) is 3.21. The molecule has 1 aliphatic rings. The molecule has 17 heavy (non-hydrogen) atoms. The fourth-order valence-corrected chi connectivity index (χ4v) is 2.13. The lowest BCUT2D eigenvalue weighted by Gasteiger charge is -2.33. The van der Waals surface area contributed by atoms with Gasteiger partial charge in [0.1, 0.15) is 18.0 Å². The van der Waals surface area contributed by atoms with Crippen LogP contribution < -0.4 is 0 Å². The topological polar surface area (TPSA) is 32.7 Å². The van der Waals surface area contributed by atoms with Gasteiger partial charge in [0.25, 0.3) is 0 Å². The Kier molecular flexibility index (Phi) is 3.76. The molecule has 1 heterocycles. The minimum atomic E-state index is -0.770. The zero-order chi connectivity index (χ0) is 12.4. The summed E-state index contributed by atoms with van der Waals surface area (Å²) >= 11 is 0. The summed E-state index contributed by atoms with van der Waals surface area (Å²) in [5, 5.41) is 10.2. The van der Waals surface area contributed by atoms with Gasteiger partial charge >= 0.3 is 0 Å². The van der Waals surface area contributed by atoms with Gasteiger partial charge in [-0.1, -0.05) is 6.07 Å². The highest BCUT2D eigenvalue weighted by Gasteiger charge is 2.27. The van der Waals surface area contributed by atoms with Gasteiger partial charge in [0.15, 0.2) is 0 Å². The van der Waals surface area contributed by atoms with Crippen LogP contribution in [0.15, 0.2) is 18.2 Å². The van der Waals surface area contributed by atoms with Crippen LogP contribution in [0.5, 0.6) is 0 Å². The fourth-order valence-electron chi connectivity index (χ4n) is 2.13. The summed E-state index contributed by atoms with van der Waals surface area (Å²) in [6.45, 7) is 4.00. The standard InChI is InChI=1S/C13H18FNO2/c1-9-3-4-10(14)7-11(9)13(16)12-8-15(2)5-6-17-12/h3-4,7,12-13,16H,5-6,8H2,1-2H3. The highest BCUT2D eigenvalue weighted by Crippen LogP contribution is 2.25. The summed E-state index contributed by atoms with van der Waals surface area (Å²) in [4.78, 5) is 2.10. The van der Waals surface area contributed by atoms with E-state index in [1.807, 2.05) is 14.0 Å². The second-order valence-electron chi connectivity index (χ2n) is 4.62. The van der Waals surface area contributed by atoms with Crippen molar-refractivity contribution in [2.75, 3.05) is 26.7 Å². The van der Waals surface area contributed by atoms with Crippen molar-refractivity contribution in [2.24, 2.45) is 0 Å². The SMILES string of the molecule is Cc1ccc(F)cc1C(O)C1CN(C)CCO1. The number of aliphatic hydroxyl groups is 1. The van der Waals surface area contributed by atoms with Gasteiger partial charge in [-0.15, -0.1) is 0 Å². The first-order chi connectivity index (χ1) is 8.08. The number of rotatable bonds is 2. The number of nitrogens with zero attached hydrogens (tertiary/aromatic N) is 1. The summed E-state index contributed by atoms with van der Waals surface area (Å²) < 4.78 is 18.7. The molecule has 0 aromatic heterocycles. The van der Waals surface area contributed by atoms with Crippen LogP contribution in [-0.2, 0) is 4.74 Å². The van der Waals surface area contributed by atoms with Crippen LogP contribution in [0.1, 0.15) is 17.2 Å². The van der Waals surface area contributed by atoms with Gasteiger partial charge in [0.05, 0.1) is 6.61 Å². The van der Waals surface area contributed by atoms with Gasteiger partial charge in [0.2, 0.25) is 0 Å². The molecule has 1 saturated heterocycles. The van der Waals surface area contributed by atoms with Crippen molar-refractivity contribution in [3.05, 3.63) is 35.1 Å². The Morgan fingerprint density at radius 2 is 2.29 bits per heavy atom. The number of aliphatic hydroxyl groups excluding tert-OH is 1. The molecule has 0 spiro atoms. The number of hydrogen-bond acceptors (Lipinski definition) is 3. The average Bonchev–Trinajstić information content (AvgIpc) is 2.31. The summed E-state index contributed by atoms with van der Waals surface area (Å²) in [7, 11) is 1.99. The molecule has 0 radical (unpaired) electrons. The normalized spacial score (nSPS) is 23.6. The van der Waals surface area contributed by atoms with Crippen molar-refractivity contribution in [1.29, 1.82) is 0 Å². The largest absolute Gasteiger partial charge is 0.386 e. The zero-order valence-corrected chi connectivity index (χ0v) is 10.2. The number of benzene rings is 1. The smallest absolute Gasteiger partial charge is 0.123 e. The van der Waals surface area contributed by atoms with E-state index < -0.39 is 6.10 Å². The van der Waals surface area contributed by atoms with E-state index in [2.05, 4.69) is 4.90 Å². The number of morpholine rings is 1. The second-order valence-corrected chi connectivity index (χ2v) is 4.62. The van der Waals surface area contributed by atoms with Crippen LogP contribution in [0, 0.1) is 12.7 Å². The van der Waals surface area contributed by atoms with Crippen molar-refractivity contribution in [3.8, 4) is 0 Å². The van der Waals surface area contributed by atoms with Crippen LogP contribution >= 0.6 is 0 Å². The van der Waals surface area contributed by atoms with E-state index in [9.17, 15) is 9.50 Å². The van der Waals surface area contributed by atoms with Gasteiger partial charge in [-0.3, -0.25) is 0 Å². The maximum atomic E-state index is 13.2. The lowest BCUT2D eigenvalue weighted by Crippen LogP contribution is -2.43. The molecule has 1 N–H and O–H groups in total. The molecule has 2 atom stereocenters. The van der Waals surface area contributed by atoms with Crippen molar-refractivity contribution >= 4 is 0 Å². The van der Waals surface area contributed by atoms with Crippen molar-refractivity contribution in [1.82, 2.24) is 4.90 Å². The first-order valence-corrected chi connectivity index (χ1v) is 5.82. The molecule has 0 aliphatic carbocycles. The Morgan fingerprint density at radius 3 is 3.00 bits per heavy atom. The predicted octanol–water partition coefficient (Wildman–Crippen LogP) is 1.50. The van der Waals surface area contributed by atoms with Crippen LogP contribution in [-0.4, -0.2) is 42.9 Å². The Morgan fingerprint density at radius 1 is 1.53 bits per heavy atom. The van der Waals surface area contributed by atoms with Crippen molar-refractivity contribution < 1.29 is 14.2 Å². The Bertz CT molecular complexity index is 397. The molecule has 3 nitrogen and oxygen atoms in total. The number of hydrogen-bond donors (Lipinski definition) is 1. The van der Waals surface area contributed by atoms with Crippen LogP contribution in [0.25, 0.3) is 0 Å². The quantitative estimate of drug-likeness (QED) is 0.849. The monoisotopic (exact) mass is 239 g/mol. The summed E-state index contributed by atoms with van der Waals surface area (Å²) in [6.07, 6.45) is -1.05. The molecule has 1 aliphatic heterocycles. The van der Waals surface area contributed by atoms with E-state index in [0.29, 0.717) is 18.7 Å². The first-order valence-electron chi connectivity index (χ1n) is 5.82. The highest BCUT2D eigenvalue weighted by atomic mass is 19.1. The molecule has 0 saturated carbocycles. The lowest BCUT2D eigenvalue weighted by molar-refractivity contribution is -0.0847. The van der Waals surface area contributed by atoms with Gasteiger partial charge in [-0.25, -0.2) is 4.39 Å². The summed E-state index contributed by atoms with van der Waals surface area (Å²) in [5.74, 6) is -0.325. The molecule has 0 bridgehead atoms. The van der Waals surface area contributed by atoms with E-state index in [0.717, 1.165) is 12.1 Å². The minimum Gasteiger partial charge on any atom is -0.386 e. The molecule has 2 rings (SSSR count). The molecule has 94 valence electrons. The Hall–Kier alpha value is -0.970. The van der Waals surface area contributed by atoms with Crippen LogP contribution in [0.4, 0.5) is 4.39 Å². The van der Waals surface area contributed by atoms with Gasteiger partial charge in [0, 0.05) is 13.1 Å². The van der Waals surface area contributed by atoms with E-state index in [-0.39, 0.29) is 11.9 Å². The minimum absolute atomic E-state index is 0.283. The predicted molar refractivity (Wildman–Crippen MR) is 63.3 cm³/mol. The molecule has 1 fully saturated rings. The van der Waals surface area contributed by atoms with Crippen LogP contribution in [0.2, 0.25) is 0 Å². The molecule has 2 unspecified atom stereocenters. The Balaban J connectivity index is 2.18. The molecular weight excluding hydrogens is 221 g/mol. The van der Waals surface area contributed by atoms with E-state index in [1.54, 1.807) is 6.07 Å². The molecular formula is C13H18FNO2. The van der Waals surface area contributed by atoms with Crippen molar-refractivity contribution in [2.45, 2.75) is 19.1 Å². The zero-order valence-electron chi connectivity index (χ0n) is 10.2. The van der Waals surface area contributed by atoms with E-state index in [1.165, 1.54) is 12.1 Å². The van der Waals surface area contributed by atoms with Crippen molar-refractivity contribution in [3.63, 3.8) is 0 Å². The highest BCUT2D eigenvalue weighted by molar-refractivity contribution is 5.29. The van der Waals surface area contributed by atoms with E-state index >= 15 is 0 Å². The third kappa shape index (κ3) is 2.83. The molecule has 1 aromatic carbocycles. The van der Waals surface area contributed by atoms with Crippen LogP contribution in [0.3, 0.4) is 0 Å². The van der Waals surface area contributed by atoms with Gasteiger partial charge < -0.3 is 14.7 Å². The van der Waals surface area contributed by atoms with Gasteiger partial charge in [-0.2, -0.15) is 0 Å². The third-order valence-electron chi connectivity index (χ3n) is 3.21. The lowest BCUT2D eigenvalue weighted by atomic mass is 9.98. The molecule has 4 heteroatoms. The van der Waals surface area contributed by atoms with E-state index in [4.69, 9.17) is 4.74 Å².